The van der Waals surface area contributed by atoms with Gasteiger partial charge in [0, 0.05) is 18.7 Å². The fourth-order valence-electron chi connectivity index (χ4n) is 3.10. The molecule has 3 aromatic rings. The van der Waals surface area contributed by atoms with Gasteiger partial charge in [-0.05, 0) is 44.4 Å². The van der Waals surface area contributed by atoms with Crippen molar-refractivity contribution in [3.05, 3.63) is 56.4 Å². The van der Waals surface area contributed by atoms with Gasteiger partial charge in [-0.15, -0.1) is 11.3 Å². The second kappa shape index (κ2) is 7.93. The number of amides is 2. The number of primary amides is 1. The van der Waals surface area contributed by atoms with E-state index in [0.717, 1.165) is 11.3 Å². The Labute approximate surface area is 166 Å². The molecular formula is C20H22N4O3S. The number of aromatic nitrogens is 2. The molecule has 0 radical (unpaired) electrons. The molecule has 0 aliphatic rings. The third kappa shape index (κ3) is 3.82. The molecule has 0 aliphatic heterocycles. The average molecular weight is 398 g/mol. The molecule has 2 heterocycles. The normalized spacial score (nSPS) is 11.0. The molecule has 28 heavy (non-hydrogen) atoms. The number of nitrogens with one attached hydrogen (secondary N) is 1. The van der Waals surface area contributed by atoms with Crippen molar-refractivity contribution < 1.29 is 9.59 Å². The lowest BCUT2D eigenvalue weighted by Crippen LogP contribution is -2.24. The fraction of sp³-hybridized carbons (Fsp3) is 0.300. The summed E-state index contributed by atoms with van der Waals surface area (Å²) in [6, 6.07) is 7.52. The number of carbonyl (C=O) groups excluding carboxylic acids is 2. The number of rotatable bonds is 6. The fourth-order valence-corrected chi connectivity index (χ4v) is 4.21. The molecule has 0 saturated heterocycles. The molecule has 3 rings (SSSR count). The van der Waals surface area contributed by atoms with Crippen molar-refractivity contribution in [1.82, 2.24) is 9.55 Å². The van der Waals surface area contributed by atoms with Gasteiger partial charge in [-0.2, -0.15) is 0 Å². The molecule has 1 aromatic carbocycles. The molecule has 3 N–H and O–H groups in total. The van der Waals surface area contributed by atoms with E-state index in [-0.39, 0.29) is 17.9 Å². The van der Waals surface area contributed by atoms with E-state index in [1.54, 1.807) is 13.8 Å². The molecule has 0 atom stereocenters. The van der Waals surface area contributed by atoms with Gasteiger partial charge in [0.25, 0.3) is 11.5 Å². The van der Waals surface area contributed by atoms with Gasteiger partial charge in [-0.1, -0.05) is 18.2 Å². The minimum absolute atomic E-state index is 0.198. The number of fused-ring (bicyclic) bond motifs is 1. The van der Waals surface area contributed by atoms with E-state index >= 15 is 0 Å². The van der Waals surface area contributed by atoms with E-state index in [2.05, 4.69) is 10.3 Å². The summed E-state index contributed by atoms with van der Waals surface area (Å²) in [6.07, 6.45) is 0.670. The molecule has 0 spiro atoms. The van der Waals surface area contributed by atoms with Crippen LogP contribution in [0.25, 0.3) is 10.2 Å². The van der Waals surface area contributed by atoms with E-state index in [1.165, 1.54) is 15.9 Å². The van der Waals surface area contributed by atoms with Crippen LogP contribution >= 0.6 is 11.3 Å². The highest BCUT2D eigenvalue weighted by Crippen LogP contribution is 2.28. The number of thiophene rings is 1. The first-order valence-electron chi connectivity index (χ1n) is 8.95. The van der Waals surface area contributed by atoms with Gasteiger partial charge < -0.3 is 11.1 Å². The second-order valence-corrected chi connectivity index (χ2v) is 7.69. The van der Waals surface area contributed by atoms with Gasteiger partial charge in [0.2, 0.25) is 5.91 Å². The summed E-state index contributed by atoms with van der Waals surface area (Å²) in [5.74, 6) is -0.108. The van der Waals surface area contributed by atoms with Crippen LogP contribution in [0, 0.1) is 20.8 Å². The highest BCUT2D eigenvalue weighted by Gasteiger charge is 2.21. The minimum Gasteiger partial charge on any atom is -0.370 e. The van der Waals surface area contributed by atoms with Crippen LogP contribution in [-0.2, 0) is 11.3 Å². The highest BCUT2D eigenvalue weighted by atomic mass is 32.1. The van der Waals surface area contributed by atoms with E-state index < -0.39 is 5.91 Å². The second-order valence-electron chi connectivity index (χ2n) is 6.69. The van der Waals surface area contributed by atoms with E-state index in [1.807, 2.05) is 31.2 Å². The molecule has 0 bridgehead atoms. The van der Waals surface area contributed by atoms with Crippen LogP contribution in [0.3, 0.4) is 0 Å². The molecule has 0 aliphatic carbocycles. The summed E-state index contributed by atoms with van der Waals surface area (Å²) in [6.45, 7) is 5.78. The molecule has 2 amide bonds. The first kappa shape index (κ1) is 19.8. The Hall–Kier alpha value is -3.00. The lowest BCUT2D eigenvalue weighted by Gasteiger charge is -2.09. The predicted octanol–water partition coefficient (Wildman–Crippen LogP) is 2.90. The summed E-state index contributed by atoms with van der Waals surface area (Å²) < 4.78 is 1.54. The molecule has 0 unspecified atom stereocenters. The predicted molar refractivity (Wildman–Crippen MR) is 111 cm³/mol. The standard InChI is InChI=1S/C20H22N4O3S/c1-11-7-4-5-8-14(11)23-18(26)17-12(2)16-19(28-17)22-13(3)24(20(16)27)10-6-9-15(21)25/h4-5,7-8H,6,9-10H2,1-3H3,(H2,21,25)(H,23,26). The lowest BCUT2D eigenvalue weighted by molar-refractivity contribution is -0.118. The molecule has 0 saturated carbocycles. The van der Waals surface area contributed by atoms with Gasteiger partial charge in [0.1, 0.15) is 10.7 Å². The third-order valence-corrected chi connectivity index (χ3v) is 5.83. The van der Waals surface area contributed by atoms with Crippen molar-refractivity contribution in [3.8, 4) is 0 Å². The third-order valence-electron chi connectivity index (χ3n) is 4.65. The van der Waals surface area contributed by atoms with Crippen molar-refractivity contribution >= 4 is 39.1 Å². The summed E-state index contributed by atoms with van der Waals surface area (Å²) >= 11 is 1.21. The number of hydrogen-bond donors (Lipinski definition) is 2. The largest absolute Gasteiger partial charge is 0.370 e. The van der Waals surface area contributed by atoms with Crippen LogP contribution < -0.4 is 16.6 Å². The summed E-state index contributed by atoms with van der Waals surface area (Å²) in [4.78, 5) is 42.2. The number of nitrogens with two attached hydrogens (primary N) is 1. The van der Waals surface area contributed by atoms with Gasteiger partial charge in [-0.3, -0.25) is 19.0 Å². The van der Waals surface area contributed by atoms with E-state index in [4.69, 9.17) is 5.73 Å². The van der Waals surface area contributed by atoms with Crippen molar-refractivity contribution in [2.24, 2.45) is 5.73 Å². The quantitative estimate of drug-likeness (QED) is 0.666. The van der Waals surface area contributed by atoms with E-state index in [0.29, 0.717) is 39.4 Å². The van der Waals surface area contributed by atoms with E-state index in [9.17, 15) is 14.4 Å². The molecule has 0 fully saturated rings. The van der Waals surface area contributed by atoms with Crippen LogP contribution in [0.1, 0.15) is 39.5 Å². The van der Waals surface area contributed by atoms with Gasteiger partial charge in [0.05, 0.1) is 10.3 Å². The monoisotopic (exact) mass is 398 g/mol. The van der Waals surface area contributed by atoms with Crippen LogP contribution in [-0.4, -0.2) is 21.4 Å². The Bertz CT molecular complexity index is 1130. The first-order chi connectivity index (χ1) is 13.3. The van der Waals surface area contributed by atoms with Crippen LogP contribution in [0.15, 0.2) is 29.1 Å². The minimum atomic E-state index is -0.401. The van der Waals surface area contributed by atoms with Crippen molar-refractivity contribution in [2.45, 2.75) is 40.2 Å². The Balaban J connectivity index is 1.97. The maximum Gasteiger partial charge on any atom is 0.266 e. The topological polar surface area (TPSA) is 107 Å². The van der Waals surface area contributed by atoms with Crippen molar-refractivity contribution in [1.29, 1.82) is 0 Å². The Morgan fingerprint density at radius 1 is 1.21 bits per heavy atom. The zero-order valence-corrected chi connectivity index (χ0v) is 16.9. The number of para-hydroxylation sites is 1. The number of nitrogens with zero attached hydrogens (tertiary/aromatic N) is 2. The summed E-state index contributed by atoms with van der Waals surface area (Å²) in [5.41, 5.74) is 7.28. The first-order valence-corrected chi connectivity index (χ1v) is 9.77. The van der Waals surface area contributed by atoms with Gasteiger partial charge >= 0.3 is 0 Å². The molecule has 2 aromatic heterocycles. The van der Waals surface area contributed by atoms with Crippen molar-refractivity contribution in [3.63, 3.8) is 0 Å². The Morgan fingerprint density at radius 2 is 1.93 bits per heavy atom. The number of aryl methyl sites for hydroxylation is 3. The van der Waals surface area contributed by atoms with Crippen molar-refractivity contribution in [2.75, 3.05) is 5.32 Å². The maximum atomic E-state index is 13.0. The number of anilines is 1. The van der Waals surface area contributed by atoms with Crippen LogP contribution in [0.4, 0.5) is 5.69 Å². The number of benzene rings is 1. The Kier molecular flexibility index (Phi) is 5.60. The summed E-state index contributed by atoms with van der Waals surface area (Å²) in [5, 5.41) is 3.36. The average Bonchev–Trinajstić information content (AvgIpc) is 2.96. The van der Waals surface area contributed by atoms with Gasteiger partial charge in [0.15, 0.2) is 0 Å². The smallest absolute Gasteiger partial charge is 0.266 e. The van der Waals surface area contributed by atoms with Gasteiger partial charge in [-0.25, -0.2) is 4.98 Å². The molecule has 7 nitrogen and oxygen atoms in total. The molecule has 8 heteroatoms. The number of carbonyl (C=O) groups is 2. The SMILES string of the molecule is Cc1ccccc1NC(=O)c1sc2nc(C)n(CCCC(N)=O)c(=O)c2c1C. The lowest BCUT2D eigenvalue weighted by atomic mass is 10.1. The molecule has 146 valence electrons. The Morgan fingerprint density at radius 3 is 2.61 bits per heavy atom. The number of hydrogen-bond acceptors (Lipinski definition) is 5. The molecular weight excluding hydrogens is 376 g/mol. The zero-order chi connectivity index (χ0) is 20.4. The van der Waals surface area contributed by atoms with Crippen LogP contribution in [0.5, 0.6) is 0 Å². The highest BCUT2D eigenvalue weighted by molar-refractivity contribution is 7.20. The zero-order valence-electron chi connectivity index (χ0n) is 16.0. The van der Waals surface area contributed by atoms with Crippen LogP contribution in [0.2, 0.25) is 0 Å². The summed E-state index contributed by atoms with van der Waals surface area (Å²) in [7, 11) is 0. The maximum absolute atomic E-state index is 13.0.